The van der Waals surface area contributed by atoms with Gasteiger partial charge < -0.3 is 0 Å². The van der Waals surface area contributed by atoms with Crippen LogP contribution in [0, 0.1) is 23.7 Å². The Bertz CT molecular complexity index is 2220. The molecule has 0 saturated heterocycles. The predicted molar refractivity (Wildman–Crippen MR) is 224 cm³/mol. The van der Waals surface area contributed by atoms with Gasteiger partial charge in [0.05, 0.1) is 0 Å². The van der Waals surface area contributed by atoms with Crippen LogP contribution in [0.3, 0.4) is 0 Å². The molecule has 0 fully saturated rings. The molecule has 0 N–H and O–H groups in total. The third-order valence-electron chi connectivity index (χ3n) is 7.95. The van der Waals surface area contributed by atoms with E-state index in [9.17, 15) is 0 Å². The first-order chi connectivity index (χ1) is 25.6. The zero-order valence-corrected chi connectivity index (χ0v) is 34.0. The Labute approximate surface area is 329 Å². The molecule has 0 unspecified atom stereocenters. The van der Waals surface area contributed by atoms with Crippen LogP contribution < -0.4 is 0 Å². The minimum absolute atomic E-state index is 0.826. The van der Waals surface area contributed by atoms with Crippen molar-refractivity contribution in [1.82, 2.24) is 0 Å². The van der Waals surface area contributed by atoms with Crippen molar-refractivity contribution in [2.45, 2.75) is 13.1 Å². The molecule has 0 aliphatic carbocycles. The molecular formula is C48H36Cl2SiZr. The van der Waals surface area contributed by atoms with Crippen LogP contribution in [-0.2, 0) is 20.8 Å². The number of benzene rings is 6. The van der Waals surface area contributed by atoms with Crippen molar-refractivity contribution in [3.63, 3.8) is 0 Å². The van der Waals surface area contributed by atoms with E-state index in [1.54, 1.807) is 0 Å². The quantitative estimate of drug-likeness (QED) is 0.0928. The SMILES string of the molecule is C(#Cc1cccc2[cH-]c(-c3ccccc3)cc12)c1ccccc1.C(#Cc1cccc2[cH-]c(-c3ccccc3)cc12)c1ccccc1.C[Si]C.[Cl][Zr+2][Cl]. The van der Waals surface area contributed by atoms with Gasteiger partial charge >= 0.3 is 37.9 Å². The Balaban J connectivity index is 0.000000175. The Morgan fingerprint density at radius 2 is 0.769 bits per heavy atom. The molecule has 250 valence electrons. The summed E-state index contributed by atoms with van der Waals surface area (Å²) in [6, 6.07) is 62.7. The summed E-state index contributed by atoms with van der Waals surface area (Å²) in [6.07, 6.45) is 0. The van der Waals surface area contributed by atoms with Gasteiger partial charge in [-0.15, -0.1) is 69.1 Å². The Kier molecular flexibility index (Phi) is 15.6. The maximum absolute atomic E-state index is 4.93. The summed E-state index contributed by atoms with van der Waals surface area (Å²) in [7, 11) is 11.0. The van der Waals surface area contributed by atoms with Gasteiger partial charge in [-0.25, -0.2) is 0 Å². The van der Waals surface area contributed by atoms with Crippen molar-refractivity contribution in [1.29, 1.82) is 0 Å². The van der Waals surface area contributed by atoms with Crippen molar-refractivity contribution < 1.29 is 20.8 Å². The minimum atomic E-state index is -0.826. The van der Waals surface area contributed by atoms with Crippen LogP contribution in [0.15, 0.2) is 182 Å². The number of rotatable bonds is 2. The van der Waals surface area contributed by atoms with Crippen molar-refractivity contribution in [3.8, 4) is 45.9 Å². The van der Waals surface area contributed by atoms with Gasteiger partial charge in [0.25, 0.3) is 0 Å². The van der Waals surface area contributed by atoms with Gasteiger partial charge in [0, 0.05) is 20.6 Å². The summed E-state index contributed by atoms with van der Waals surface area (Å²) in [6.45, 7) is 4.31. The molecule has 0 heterocycles. The molecule has 0 saturated carbocycles. The van der Waals surface area contributed by atoms with E-state index in [-0.39, 0.29) is 0 Å². The van der Waals surface area contributed by atoms with Crippen LogP contribution in [0.2, 0.25) is 13.1 Å². The molecule has 0 bridgehead atoms. The molecule has 4 heteroatoms. The van der Waals surface area contributed by atoms with Gasteiger partial charge in [-0.2, -0.15) is 0 Å². The van der Waals surface area contributed by atoms with Crippen LogP contribution in [-0.4, -0.2) is 9.52 Å². The number of fused-ring (bicyclic) bond motifs is 2. The second kappa shape index (κ2) is 21.0. The van der Waals surface area contributed by atoms with Crippen LogP contribution in [0.5, 0.6) is 0 Å². The number of halogens is 2. The summed E-state index contributed by atoms with van der Waals surface area (Å²) in [4.78, 5) is 0. The first-order valence-corrected chi connectivity index (χ1v) is 25.1. The fraction of sp³-hybridized carbons (Fsp3) is 0.0417. The van der Waals surface area contributed by atoms with Crippen LogP contribution in [0.1, 0.15) is 22.3 Å². The Hall–Kier alpha value is -4.66. The summed E-state index contributed by atoms with van der Waals surface area (Å²) in [5.74, 6) is 13.1. The fourth-order valence-electron chi connectivity index (χ4n) is 5.60. The van der Waals surface area contributed by atoms with Crippen LogP contribution in [0.25, 0.3) is 43.8 Å². The Morgan fingerprint density at radius 3 is 1.12 bits per heavy atom. The molecule has 0 aliphatic heterocycles. The van der Waals surface area contributed by atoms with E-state index in [4.69, 9.17) is 17.0 Å². The van der Waals surface area contributed by atoms with Crippen molar-refractivity contribution in [2.24, 2.45) is 0 Å². The second-order valence-electron chi connectivity index (χ2n) is 11.6. The first-order valence-electron chi connectivity index (χ1n) is 16.8. The zero-order valence-electron chi connectivity index (χ0n) is 29.1. The van der Waals surface area contributed by atoms with E-state index < -0.39 is 20.8 Å². The van der Waals surface area contributed by atoms with Crippen LogP contribution in [0.4, 0.5) is 0 Å². The average molecular weight is 803 g/mol. The molecule has 52 heavy (non-hydrogen) atoms. The van der Waals surface area contributed by atoms with Gasteiger partial charge in [0.2, 0.25) is 0 Å². The second-order valence-corrected chi connectivity index (χ2v) is 16.4. The topological polar surface area (TPSA) is 0 Å². The molecule has 2 radical (unpaired) electrons. The molecule has 0 spiro atoms. The summed E-state index contributed by atoms with van der Waals surface area (Å²) in [5, 5.41) is 4.91. The van der Waals surface area contributed by atoms with E-state index in [1.165, 1.54) is 43.8 Å². The van der Waals surface area contributed by atoms with Crippen molar-refractivity contribution in [2.75, 3.05) is 0 Å². The number of hydrogen-bond donors (Lipinski definition) is 0. The van der Waals surface area contributed by atoms with E-state index >= 15 is 0 Å². The van der Waals surface area contributed by atoms with Crippen LogP contribution >= 0.6 is 17.0 Å². The first kappa shape index (κ1) is 38.6. The molecular weight excluding hydrogens is 767 g/mol. The van der Waals surface area contributed by atoms with Gasteiger partial charge in [-0.05, 0) is 35.4 Å². The average Bonchev–Trinajstić information content (AvgIpc) is 3.85. The van der Waals surface area contributed by atoms with E-state index in [1.807, 2.05) is 72.8 Å². The van der Waals surface area contributed by atoms with Gasteiger partial charge in [-0.1, -0.05) is 169 Å². The molecule has 0 amide bonds. The number of hydrogen-bond acceptors (Lipinski definition) is 0. The molecule has 8 aromatic carbocycles. The van der Waals surface area contributed by atoms with Gasteiger partial charge in [0.1, 0.15) is 0 Å². The standard InChI is InChI=1S/2C23H15.C2H6Si.2ClH.Zr/c2*1-3-8-18(9-4-1)14-15-20-12-7-13-21-16-22(17-23(20)21)19-10-5-2-6-11-19;1-3-2;;;/h2*1-13,16-17H;1-2H3;2*1H;/q2*-1;;;;+4/p-2. The Morgan fingerprint density at radius 1 is 0.442 bits per heavy atom. The summed E-state index contributed by atoms with van der Waals surface area (Å²) in [5.41, 5.74) is 9.21. The maximum atomic E-state index is 4.93. The predicted octanol–water partition coefficient (Wildman–Crippen LogP) is 13.4. The molecule has 8 rings (SSSR count). The molecule has 0 aliphatic rings. The van der Waals surface area contributed by atoms with Gasteiger partial charge in [0.15, 0.2) is 0 Å². The molecule has 0 aromatic heterocycles. The summed E-state index contributed by atoms with van der Waals surface area (Å²) < 4.78 is 0. The van der Waals surface area contributed by atoms with Crippen molar-refractivity contribution in [3.05, 3.63) is 204 Å². The molecule has 0 atom stereocenters. The normalized spacial score (nSPS) is 9.62. The monoisotopic (exact) mass is 800 g/mol. The molecule has 0 nitrogen and oxygen atoms in total. The fourth-order valence-corrected chi connectivity index (χ4v) is 5.60. The zero-order chi connectivity index (χ0) is 36.4. The van der Waals surface area contributed by atoms with Gasteiger partial charge in [-0.3, -0.25) is 0 Å². The van der Waals surface area contributed by atoms with E-state index in [0.29, 0.717) is 0 Å². The van der Waals surface area contributed by atoms with Crippen molar-refractivity contribution >= 4 is 48.1 Å². The third kappa shape index (κ3) is 11.2. The van der Waals surface area contributed by atoms with E-state index in [0.717, 1.165) is 31.8 Å². The molecule has 8 aromatic rings. The third-order valence-corrected chi connectivity index (χ3v) is 7.95. The summed E-state index contributed by atoms with van der Waals surface area (Å²) >= 11 is -0.826. The van der Waals surface area contributed by atoms with E-state index in [2.05, 4.69) is 146 Å².